The first kappa shape index (κ1) is 14.4. The van der Waals surface area contributed by atoms with Gasteiger partial charge in [0.1, 0.15) is 18.2 Å². The third-order valence-electron chi connectivity index (χ3n) is 2.59. The number of carbonyl (C=O) groups is 1. The highest BCUT2D eigenvalue weighted by Crippen LogP contribution is 2.28. The van der Waals surface area contributed by atoms with Gasteiger partial charge in [-0.1, -0.05) is 0 Å². The largest absolute Gasteiger partial charge is 0.492 e. The van der Waals surface area contributed by atoms with Crippen LogP contribution in [0, 0.1) is 11.2 Å². The second kappa shape index (κ2) is 5.35. The molecule has 1 aromatic carbocycles. The maximum absolute atomic E-state index is 13.1. The van der Waals surface area contributed by atoms with Gasteiger partial charge in [0.15, 0.2) is 0 Å². The van der Waals surface area contributed by atoms with Crippen LogP contribution in [0.15, 0.2) is 18.2 Å². The van der Waals surface area contributed by atoms with E-state index in [1.165, 1.54) is 32.9 Å². The molecule has 0 aliphatic rings. The molecule has 4 nitrogen and oxygen atoms in total. The maximum Gasteiger partial charge on any atom is 0.312 e. The minimum atomic E-state index is -1.08. The van der Waals surface area contributed by atoms with Crippen molar-refractivity contribution in [2.24, 2.45) is 5.41 Å². The van der Waals surface area contributed by atoms with E-state index < -0.39 is 23.3 Å². The van der Waals surface area contributed by atoms with E-state index in [0.717, 1.165) is 6.07 Å². The Bertz CT molecular complexity index is 441. The summed E-state index contributed by atoms with van der Waals surface area (Å²) < 4.78 is 18.4. The molecular formula is C13H17FO4. The molecule has 0 amide bonds. The predicted molar refractivity (Wildman–Crippen MR) is 63.9 cm³/mol. The standard InChI is InChI=1S/C13H17FO4/c1-8(15)10-5-4-9(14)6-11(10)18-7-13(2,3)12(16)17/h4-6,8,15H,7H2,1-3H3,(H,16,17). The Hall–Kier alpha value is -1.62. The third-order valence-corrected chi connectivity index (χ3v) is 2.59. The van der Waals surface area contributed by atoms with Crippen molar-refractivity contribution < 1.29 is 24.1 Å². The van der Waals surface area contributed by atoms with Crippen LogP contribution >= 0.6 is 0 Å². The number of benzene rings is 1. The Morgan fingerprint density at radius 3 is 2.61 bits per heavy atom. The zero-order valence-electron chi connectivity index (χ0n) is 10.6. The molecule has 0 fully saturated rings. The molecule has 0 radical (unpaired) electrons. The highest BCUT2D eigenvalue weighted by Gasteiger charge is 2.28. The van der Waals surface area contributed by atoms with Gasteiger partial charge >= 0.3 is 5.97 Å². The van der Waals surface area contributed by atoms with Gasteiger partial charge in [-0.2, -0.15) is 0 Å². The first-order valence-electron chi connectivity index (χ1n) is 5.58. The number of aliphatic hydroxyl groups excluding tert-OH is 1. The summed E-state index contributed by atoms with van der Waals surface area (Å²) in [5.74, 6) is -1.33. The number of aliphatic hydroxyl groups is 1. The van der Waals surface area contributed by atoms with E-state index in [2.05, 4.69) is 0 Å². The van der Waals surface area contributed by atoms with Gasteiger partial charge in [0, 0.05) is 11.6 Å². The minimum absolute atomic E-state index is 0.106. The molecule has 0 bridgehead atoms. The zero-order valence-corrected chi connectivity index (χ0v) is 10.6. The summed E-state index contributed by atoms with van der Waals surface area (Å²) in [6, 6.07) is 3.78. The average molecular weight is 256 g/mol. The van der Waals surface area contributed by atoms with Gasteiger partial charge in [0.05, 0.1) is 11.5 Å². The molecule has 100 valence electrons. The van der Waals surface area contributed by atoms with Gasteiger partial charge in [0.2, 0.25) is 0 Å². The minimum Gasteiger partial charge on any atom is -0.492 e. The van der Waals surface area contributed by atoms with Gasteiger partial charge in [0.25, 0.3) is 0 Å². The van der Waals surface area contributed by atoms with Crippen molar-refractivity contribution in [2.75, 3.05) is 6.61 Å². The summed E-state index contributed by atoms with van der Waals surface area (Å²) in [4.78, 5) is 10.9. The second-order valence-corrected chi connectivity index (χ2v) is 4.84. The Morgan fingerprint density at radius 1 is 1.50 bits per heavy atom. The fourth-order valence-corrected chi connectivity index (χ4v) is 1.30. The Morgan fingerprint density at radius 2 is 2.11 bits per heavy atom. The number of hydrogen-bond acceptors (Lipinski definition) is 3. The van der Waals surface area contributed by atoms with Crippen molar-refractivity contribution in [1.29, 1.82) is 0 Å². The number of hydrogen-bond donors (Lipinski definition) is 2. The summed E-state index contributed by atoms with van der Waals surface area (Å²) in [5.41, 5.74) is -0.653. The summed E-state index contributed by atoms with van der Waals surface area (Å²) in [5, 5.41) is 18.5. The molecule has 1 atom stereocenters. The lowest BCUT2D eigenvalue weighted by Crippen LogP contribution is -2.30. The van der Waals surface area contributed by atoms with Gasteiger partial charge in [-0.3, -0.25) is 4.79 Å². The van der Waals surface area contributed by atoms with E-state index in [4.69, 9.17) is 9.84 Å². The van der Waals surface area contributed by atoms with Crippen LogP contribution in [0.1, 0.15) is 32.4 Å². The number of aliphatic carboxylic acids is 1. The van der Waals surface area contributed by atoms with E-state index in [9.17, 15) is 14.3 Å². The molecule has 2 N–H and O–H groups in total. The predicted octanol–water partition coefficient (Wildman–Crippen LogP) is 2.37. The molecule has 1 rings (SSSR count). The molecule has 5 heteroatoms. The van der Waals surface area contributed by atoms with Crippen LogP contribution in [-0.4, -0.2) is 22.8 Å². The summed E-state index contributed by atoms with van der Waals surface area (Å²) >= 11 is 0. The Balaban J connectivity index is 2.90. The summed E-state index contributed by atoms with van der Waals surface area (Å²) in [6.45, 7) is 4.45. The first-order valence-corrected chi connectivity index (χ1v) is 5.58. The van der Waals surface area contributed by atoms with Crippen molar-refractivity contribution in [3.63, 3.8) is 0 Å². The van der Waals surface area contributed by atoms with Crippen LogP contribution in [0.5, 0.6) is 5.75 Å². The topological polar surface area (TPSA) is 66.8 Å². The second-order valence-electron chi connectivity index (χ2n) is 4.84. The number of ether oxygens (including phenoxy) is 1. The van der Waals surface area contributed by atoms with Crippen LogP contribution in [-0.2, 0) is 4.79 Å². The first-order chi connectivity index (χ1) is 8.24. The van der Waals surface area contributed by atoms with Crippen LogP contribution < -0.4 is 4.74 Å². The molecule has 0 saturated carbocycles. The monoisotopic (exact) mass is 256 g/mol. The molecule has 1 unspecified atom stereocenters. The van der Waals surface area contributed by atoms with E-state index in [0.29, 0.717) is 5.56 Å². The number of rotatable bonds is 5. The average Bonchev–Trinajstić information content (AvgIpc) is 2.26. The maximum atomic E-state index is 13.1. The van der Waals surface area contributed by atoms with Crippen LogP contribution in [0.2, 0.25) is 0 Å². The normalized spacial score (nSPS) is 13.2. The van der Waals surface area contributed by atoms with Crippen molar-refractivity contribution in [2.45, 2.75) is 26.9 Å². The highest BCUT2D eigenvalue weighted by molar-refractivity contribution is 5.73. The molecule has 0 spiro atoms. The summed E-state index contributed by atoms with van der Waals surface area (Å²) in [6.07, 6.45) is -0.812. The molecule has 0 saturated heterocycles. The van der Waals surface area contributed by atoms with Gasteiger partial charge in [-0.15, -0.1) is 0 Å². The van der Waals surface area contributed by atoms with E-state index in [-0.39, 0.29) is 12.4 Å². The number of carboxylic acids is 1. The molecule has 0 aliphatic carbocycles. The van der Waals surface area contributed by atoms with Crippen molar-refractivity contribution in [1.82, 2.24) is 0 Å². The SMILES string of the molecule is CC(O)c1ccc(F)cc1OCC(C)(C)C(=O)O. The quantitative estimate of drug-likeness (QED) is 0.848. The lowest BCUT2D eigenvalue weighted by Gasteiger charge is -2.21. The molecule has 0 aliphatic heterocycles. The Labute approximate surface area is 105 Å². The Kier molecular flexibility index (Phi) is 4.29. The fraction of sp³-hybridized carbons (Fsp3) is 0.462. The van der Waals surface area contributed by atoms with Crippen molar-refractivity contribution >= 4 is 5.97 Å². The van der Waals surface area contributed by atoms with Crippen LogP contribution in [0.25, 0.3) is 0 Å². The van der Waals surface area contributed by atoms with E-state index in [1.807, 2.05) is 0 Å². The third kappa shape index (κ3) is 3.43. The molecular weight excluding hydrogens is 239 g/mol. The van der Waals surface area contributed by atoms with Crippen LogP contribution in [0.4, 0.5) is 4.39 Å². The molecule has 18 heavy (non-hydrogen) atoms. The van der Waals surface area contributed by atoms with Crippen molar-refractivity contribution in [3.05, 3.63) is 29.6 Å². The zero-order chi connectivity index (χ0) is 13.9. The molecule has 0 heterocycles. The lowest BCUT2D eigenvalue weighted by atomic mass is 9.95. The van der Waals surface area contributed by atoms with Crippen LogP contribution in [0.3, 0.4) is 0 Å². The summed E-state index contributed by atoms with van der Waals surface area (Å²) in [7, 11) is 0. The fourth-order valence-electron chi connectivity index (χ4n) is 1.30. The number of halogens is 1. The lowest BCUT2D eigenvalue weighted by molar-refractivity contribution is -0.148. The molecule has 0 aromatic heterocycles. The highest BCUT2D eigenvalue weighted by atomic mass is 19.1. The van der Waals surface area contributed by atoms with Gasteiger partial charge in [-0.25, -0.2) is 4.39 Å². The smallest absolute Gasteiger partial charge is 0.312 e. The van der Waals surface area contributed by atoms with Gasteiger partial charge < -0.3 is 14.9 Å². The van der Waals surface area contributed by atoms with Crippen molar-refractivity contribution in [3.8, 4) is 5.75 Å². The van der Waals surface area contributed by atoms with E-state index in [1.54, 1.807) is 0 Å². The van der Waals surface area contributed by atoms with E-state index >= 15 is 0 Å². The number of carboxylic acid groups (broad SMARTS) is 1. The molecule has 1 aromatic rings. The van der Waals surface area contributed by atoms with Gasteiger partial charge in [-0.05, 0) is 32.9 Å².